The third-order valence-corrected chi connectivity index (χ3v) is 2.83. The van der Waals surface area contributed by atoms with Crippen LogP contribution in [0.1, 0.15) is 25.7 Å². The molecule has 1 amide bonds. The lowest BCUT2D eigenvalue weighted by Crippen LogP contribution is -2.46. The lowest BCUT2D eigenvalue weighted by atomic mass is 10.0. The van der Waals surface area contributed by atoms with Gasteiger partial charge >= 0.3 is 6.18 Å². The van der Waals surface area contributed by atoms with Gasteiger partial charge in [-0.3, -0.25) is 4.79 Å². The second kappa shape index (κ2) is 5.05. The molecule has 1 heterocycles. The van der Waals surface area contributed by atoms with E-state index in [4.69, 9.17) is 11.6 Å². The zero-order valence-corrected chi connectivity index (χ0v) is 8.94. The predicted molar refractivity (Wildman–Crippen MR) is 50.7 cm³/mol. The minimum absolute atomic E-state index is 0.212. The molecule has 0 saturated carbocycles. The monoisotopic (exact) mass is 243 g/mol. The van der Waals surface area contributed by atoms with Crippen molar-refractivity contribution in [1.82, 2.24) is 4.90 Å². The molecule has 0 aliphatic carbocycles. The molecule has 1 aliphatic rings. The molecule has 1 saturated heterocycles. The van der Waals surface area contributed by atoms with Gasteiger partial charge in [-0.25, -0.2) is 0 Å². The highest BCUT2D eigenvalue weighted by molar-refractivity contribution is 6.18. The molecule has 6 heteroatoms. The Balaban J connectivity index is 2.56. The molecule has 2 nitrogen and oxygen atoms in total. The van der Waals surface area contributed by atoms with Crippen molar-refractivity contribution in [3.63, 3.8) is 0 Å². The normalized spacial score (nSPS) is 22.9. The van der Waals surface area contributed by atoms with Crippen molar-refractivity contribution in [3.05, 3.63) is 0 Å². The summed E-state index contributed by atoms with van der Waals surface area (Å²) in [7, 11) is 0. The number of hydrogen-bond donors (Lipinski definition) is 0. The second-order valence-corrected chi connectivity index (χ2v) is 3.99. The van der Waals surface area contributed by atoms with Gasteiger partial charge in [0, 0.05) is 18.5 Å². The summed E-state index contributed by atoms with van der Waals surface area (Å²) < 4.78 is 36.0. The fourth-order valence-corrected chi connectivity index (χ4v) is 2.08. The summed E-state index contributed by atoms with van der Waals surface area (Å²) in [5.41, 5.74) is 0. The molecular weight excluding hydrogens is 231 g/mol. The number of likely N-dealkylation sites (tertiary alicyclic amines) is 1. The lowest BCUT2D eigenvalue weighted by molar-refractivity contribution is -0.163. The summed E-state index contributed by atoms with van der Waals surface area (Å²) in [6.07, 6.45) is -3.41. The Morgan fingerprint density at radius 1 is 1.40 bits per heavy atom. The van der Waals surface area contributed by atoms with Gasteiger partial charge in [0.25, 0.3) is 0 Å². The van der Waals surface area contributed by atoms with Crippen LogP contribution in [0.2, 0.25) is 0 Å². The standard InChI is InChI=1S/C9H13ClF3NO/c10-6-7-3-1-2-4-14(7)8(15)5-9(11,12)13/h7H,1-6H2. The van der Waals surface area contributed by atoms with E-state index in [0.717, 1.165) is 12.8 Å². The smallest absolute Gasteiger partial charge is 0.338 e. The first kappa shape index (κ1) is 12.6. The van der Waals surface area contributed by atoms with Gasteiger partial charge in [0.1, 0.15) is 6.42 Å². The quantitative estimate of drug-likeness (QED) is 0.683. The fourth-order valence-electron chi connectivity index (χ4n) is 1.76. The molecule has 0 N–H and O–H groups in total. The molecule has 1 rings (SSSR count). The van der Waals surface area contributed by atoms with E-state index in [-0.39, 0.29) is 11.9 Å². The first-order valence-corrected chi connectivity index (χ1v) is 5.39. The van der Waals surface area contributed by atoms with E-state index in [0.29, 0.717) is 13.0 Å². The maximum Gasteiger partial charge on any atom is 0.397 e. The Morgan fingerprint density at radius 2 is 2.07 bits per heavy atom. The van der Waals surface area contributed by atoms with Crippen LogP contribution in [0.3, 0.4) is 0 Å². The van der Waals surface area contributed by atoms with Crippen LogP contribution in [-0.2, 0) is 4.79 Å². The highest BCUT2D eigenvalue weighted by atomic mass is 35.5. The van der Waals surface area contributed by atoms with E-state index in [2.05, 4.69) is 0 Å². The van der Waals surface area contributed by atoms with Crippen molar-refractivity contribution in [2.75, 3.05) is 12.4 Å². The highest BCUT2D eigenvalue weighted by Crippen LogP contribution is 2.24. The van der Waals surface area contributed by atoms with Crippen LogP contribution in [0.4, 0.5) is 13.2 Å². The molecule has 1 unspecified atom stereocenters. The van der Waals surface area contributed by atoms with Gasteiger partial charge in [0.05, 0.1) is 0 Å². The molecule has 0 aromatic carbocycles. The molecular formula is C9H13ClF3NO. The number of rotatable bonds is 2. The number of amides is 1. The van der Waals surface area contributed by atoms with E-state index in [9.17, 15) is 18.0 Å². The van der Waals surface area contributed by atoms with Gasteiger partial charge in [0.15, 0.2) is 0 Å². The van der Waals surface area contributed by atoms with Crippen LogP contribution in [0.15, 0.2) is 0 Å². The molecule has 15 heavy (non-hydrogen) atoms. The molecule has 0 aromatic heterocycles. The van der Waals surface area contributed by atoms with Crippen LogP contribution in [0, 0.1) is 0 Å². The minimum Gasteiger partial charge on any atom is -0.338 e. The Labute approximate surface area is 91.4 Å². The van der Waals surface area contributed by atoms with E-state index in [1.165, 1.54) is 4.90 Å². The van der Waals surface area contributed by atoms with Crippen molar-refractivity contribution in [1.29, 1.82) is 0 Å². The van der Waals surface area contributed by atoms with Crippen molar-refractivity contribution in [2.45, 2.75) is 37.9 Å². The van der Waals surface area contributed by atoms with E-state index in [1.807, 2.05) is 0 Å². The maximum atomic E-state index is 12.0. The van der Waals surface area contributed by atoms with Gasteiger partial charge in [-0.15, -0.1) is 11.6 Å². The molecule has 0 radical (unpaired) electrons. The Bertz CT molecular complexity index is 232. The number of alkyl halides is 4. The summed E-state index contributed by atoms with van der Waals surface area (Å²) in [5, 5.41) is 0. The molecule has 88 valence electrons. The predicted octanol–water partition coefficient (Wildman–Crippen LogP) is 2.56. The highest BCUT2D eigenvalue weighted by Gasteiger charge is 2.36. The van der Waals surface area contributed by atoms with Gasteiger partial charge in [-0.1, -0.05) is 0 Å². The number of nitrogens with zero attached hydrogens (tertiary/aromatic N) is 1. The Morgan fingerprint density at radius 3 is 2.60 bits per heavy atom. The van der Waals surface area contributed by atoms with E-state index >= 15 is 0 Å². The van der Waals surface area contributed by atoms with Crippen LogP contribution in [-0.4, -0.2) is 35.4 Å². The third-order valence-electron chi connectivity index (χ3n) is 2.48. The van der Waals surface area contributed by atoms with Gasteiger partial charge in [-0.2, -0.15) is 13.2 Å². The number of piperidine rings is 1. The van der Waals surface area contributed by atoms with Crippen molar-refractivity contribution < 1.29 is 18.0 Å². The summed E-state index contributed by atoms with van der Waals surface area (Å²) >= 11 is 5.62. The minimum atomic E-state index is -4.43. The number of carbonyl (C=O) groups excluding carboxylic acids is 1. The van der Waals surface area contributed by atoms with Gasteiger partial charge in [-0.05, 0) is 19.3 Å². The molecule has 0 spiro atoms. The average molecular weight is 244 g/mol. The summed E-state index contributed by atoms with van der Waals surface area (Å²) in [5.74, 6) is -0.642. The molecule has 1 atom stereocenters. The van der Waals surface area contributed by atoms with E-state index in [1.54, 1.807) is 0 Å². The largest absolute Gasteiger partial charge is 0.397 e. The molecule has 0 aromatic rings. The van der Waals surface area contributed by atoms with Crippen LogP contribution >= 0.6 is 11.6 Å². The van der Waals surface area contributed by atoms with Crippen LogP contribution < -0.4 is 0 Å². The van der Waals surface area contributed by atoms with Crippen LogP contribution in [0.5, 0.6) is 0 Å². The zero-order chi connectivity index (χ0) is 11.5. The van der Waals surface area contributed by atoms with E-state index < -0.39 is 18.5 Å². The lowest BCUT2D eigenvalue weighted by Gasteiger charge is -2.34. The number of halogens is 4. The second-order valence-electron chi connectivity index (χ2n) is 3.68. The number of hydrogen-bond acceptors (Lipinski definition) is 1. The van der Waals surface area contributed by atoms with Crippen molar-refractivity contribution >= 4 is 17.5 Å². The SMILES string of the molecule is O=C(CC(F)(F)F)N1CCCCC1CCl. The summed E-state index contributed by atoms with van der Waals surface area (Å²) in [4.78, 5) is 12.6. The topological polar surface area (TPSA) is 20.3 Å². The van der Waals surface area contributed by atoms with Gasteiger partial charge in [0.2, 0.25) is 5.91 Å². The Kier molecular flexibility index (Phi) is 4.25. The summed E-state index contributed by atoms with van der Waals surface area (Å²) in [6.45, 7) is 0.395. The first-order chi connectivity index (χ1) is 6.94. The maximum absolute atomic E-state index is 12.0. The summed E-state index contributed by atoms with van der Waals surface area (Å²) in [6, 6.07) is -0.227. The van der Waals surface area contributed by atoms with Crippen LogP contribution in [0.25, 0.3) is 0 Å². The Hall–Kier alpha value is -0.450. The average Bonchev–Trinajstić information content (AvgIpc) is 2.15. The van der Waals surface area contributed by atoms with Crippen molar-refractivity contribution in [3.8, 4) is 0 Å². The molecule has 1 aliphatic heterocycles. The first-order valence-electron chi connectivity index (χ1n) is 4.86. The number of carbonyl (C=O) groups is 1. The zero-order valence-electron chi connectivity index (χ0n) is 8.19. The fraction of sp³-hybridized carbons (Fsp3) is 0.889. The van der Waals surface area contributed by atoms with Gasteiger partial charge < -0.3 is 4.90 Å². The third kappa shape index (κ3) is 3.89. The molecule has 0 bridgehead atoms. The van der Waals surface area contributed by atoms with Crippen molar-refractivity contribution in [2.24, 2.45) is 0 Å². The molecule has 1 fully saturated rings.